The molecule has 0 aromatic heterocycles. The smallest absolute Gasteiger partial charge is 0.0257 e. The molecule has 2 aromatic carbocycles. The average molecular weight is 246 g/mol. The maximum atomic E-state index is 2.13. The lowest BCUT2D eigenvalue weighted by molar-refractivity contribution is 1.53. The monoisotopic (exact) mass is 246 g/mol. The normalized spacial score (nSPS) is 12.4. The van der Waals surface area contributed by atoms with Gasteiger partial charge in [0.2, 0.25) is 0 Å². The highest BCUT2D eigenvalue weighted by Crippen LogP contribution is 2.06. The first-order valence-corrected chi connectivity index (χ1v) is 6.48. The van der Waals surface area contributed by atoms with Crippen LogP contribution in [-0.2, 0) is 0 Å². The van der Waals surface area contributed by atoms with E-state index in [4.69, 9.17) is 0 Å². The van der Waals surface area contributed by atoms with E-state index >= 15 is 0 Å². The molecule has 19 heavy (non-hydrogen) atoms. The Morgan fingerprint density at radius 1 is 0.737 bits per heavy atom. The molecule has 0 radical (unpaired) electrons. The quantitative estimate of drug-likeness (QED) is 0.637. The number of hydrogen-bond acceptors (Lipinski definition) is 0. The van der Waals surface area contributed by atoms with Crippen molar-refractivity contribution in [2.45, 2.75) is 6.92 Å². The Labute approximate surface area is 115 Å². The Bertz CT molecular complexity index is 572. The average Bonchev–Trinajstić information content (AvgIpc) is 2.47. The molecule has 0 amide bonds. The molecule has 0 unspecified atom stereocenters. The Balaban J connectivity index is 1.97. The maximum absolute atomic E-state index is 2.13. The minimum absolute atomic E-state index is 1.22. The van der Waals surface area contributed by atoms with Crippen molar-refractivity contribution in [2.75, 3.05) is 0 Å². The van der Waals surface area contributed by atoms with Crippen molar-refractivity contribution >= 4 is 12.2 Å². The van der Waals surface area contributed by atoms with Gasteiger partial charge in [0, 0.05) is 0 Å². The summed E-state index contributed by atoms with van der Waals surface area (Å²) in [6.45, 7) is 2.11. The van der Waals surface area contributed by atoms with Crippen molar-refractivity contribution in [3.05, 3.63) is 95.6 Å². The molecule has 0 saturated heterocycles. The van der Waals surface area contributed by atoms with Crippen LogP contribution in [-0.4, -0.2) is 0 Å². The first-order chi connectivity index (χ1) is 9.34. The molecule has 0 heteroatoms. The van der Waals surface area contributed by atoms with E-state index in [0.29, 0.717) is 0 Å². The van der Waals surface area contributed by atoms with E-state index in [1.165, 1.54) is 16.7 Å². The molecular formula is C19H18. The SMILES string of the molecule is CC(/C=C/c1ccccc1)=C\C=C\c1ccccc1. The van der Waals surface area contributed by atoms with Crippen molar-refractivity contribution in [1.29, 1.82) is 0 Å². The van der Waals surface area contributed by atoms with Gasteiger partial charge in [0.25, 0.3) is 0 Å². The molecule has 0 aliphatic rings. The second-order valence-electron chi connectivity index (χ2n) is 4.42. The lowest BCUT2D eigenvalue weighted by atomic mass is 10.1. The molecule has 0 fully saturated rings. The van der Waals surface area contributed by atoms with Gasteiger partial charge in [-0.15, -0.1) is 0 Å². The van der Waals surface area contributed by atoms with Gasteiger partial charge >= 0.3 is 0 Å². The van der Waals surface area contributed by atoms with Gasteiger partial charge in [0.1, 0.15) is 0 Å². The summed E-state index contributed by atoms with van der Waals surface area (Å²) in [5.74, 6) is 0. The first-order valence-electron chi connectivity index (χ1n) is 6.48. The summed E-state index contributed by atoms with van der Waals surface area (Å²) in [6, 6.07) is 20.6. The number of hydrogen-bond donors (Lipinski definition) is 0. The molecule has 0 spiro atoms. The Morgan fingerprint density at radius 2 is 1.26 bits per heavy atom. The summed E-state index contributed by atoms with van der Waals surface area (Å²) in [6.07, 6.45) is 10.6. The third-order valence-corrected chi connectivity index (χ3v) is 2.79. The molecule has 0 aliphatic heterocycles. The highest BCUT2D eigenvalue weighted by atomic mass is 13.9. The predicted molar refractivity (Wildman–Crippen MR) is 84.7 cm³/mol. The first kappa shape index (κ1) is 13.1. The van der Waals surface area contributed by atoms with Crippen molar-refractivity contribution in [3.8, 4) is 0 Å². The zero-order chi connectivity index (χ0) is 13.3. The van der Waals surface area contributed by atoms with Crippen LogP contribution in [0, 0.1) is 0 Å². The molecule has 2 rings (SSSR count). The van der Waals surface area contributed by atoms with Crippen molar-refractivity contribution < 1.29 is 0 Å². The van der Waals surface area contributed by atoms with Gasteiger partial charge in [-0.3, -0.25) is 0 Å². The minimum Gasteiger partial charge on any atom is -0.0622 e. The van der Waals surface area contributed by atoms with E-state index in [-0.39, 0.29) is 0 Å². The number of rotatable bonds is 4. The molecule has 0 atom stereocenters. The van der Waals surface area contributed by atoms with Gasteiger partial charge in [-0.1, -0.05) is 96.6 Å². The molecule has 0 N–H and O–H groups in total. The van der Waals surface area contributed by atoms with Crippen LogP contribution in [0.4, 0.5) is 0 Å². The van der Waals surface area contributed by atoms with Crippen LogP contribution >= 0.6 is 0 Å². The van der Waals surface area contributed by atoms with E-state index in [1.54, 1.807) is 0 Å². The van der Waals surface area contributed by atoms with E-state index in [1.807, 2.05) is 36.4 Å². The van der Waals surface area contributed by atoms with Crippen LogP contribution in [0.1, 0.15) is 18.1 Å². The third-order valence-electron chi connectivity index (χ3n) is 2.79. The standard InChI is InChI=1S/C19H18/c1-17(15-16-19-12-6-3-7-13-19)9-8-14-18-10-4-2-5-11-18/h2-16H,1H3/b14-8+,16-15+,17-9+. The lowest BCUT2D eigenvalue weighted by Gasteiger charge is -1.93. The molecule has 0 aliphatic carbocycles. The van der Waals surface area contributed by atoms with Crippen LogP contribution < -0.4 is 0 Å². The van der Waals surface area contributed by atoms with Gasteiger partial charge in [-0.25, -0.2) is 0 Å². The zero-order valence-electron chi connectivity index (χ0n) is 11.2. The molecule has 0 nitrogen and oxygen atoms in total. The fourth-order valence-corrected chi connectivity index (χ4v) is 1.72. The molecule has 2 aromatic rings. The van der Waals surface area contributed by atoms with E-state index in [2.05, 4.69) is 61.6 Å². The highest BCUT2D eigenvalue weighted by Gasteiger charge is 1.84. The lowest BCUT2D eigenvalue weighted by Crippen LogP contribution is -1.71. The summed E-state index contributed by atoms with van der Waals surface area (Å²) < 4.78 is 0. The second-order valence-corrected chi connectivity index (χ2v) is 4.42. The van der Waals surface area contributed by atoms with Gasteiger partial charge < -0.3 is 0 Å². The second kappa shape index (κ2) is 7.17. The Morgan fingerprint density at radius 3 is 1.84 bits per heavy atom. The van der Waals surface area contributed by atoms with Gasteiger partial charge in [0.05, 0.1) is 0 Å². The van der Waals surface area contributed by atoms with Crippen molar-refractivity contribution in [3.63, 3.8) is 0 Å². The maximum Gasteiger partial charge on any atom is -0.0257 e. The fourth-order valence-electron chi connectivity index (χ4n) is 1.72. The minimum atomic E-state index is 1.22. The largest absolute Gasteiger partial charge is 0.0622 e. The third kappa shape index (κ3) is 4.81. The summed E-state index contributed by atoms with van der Waals surface area (Å²) in [5.41, 5.74) is 3.68. The van der Waals surface area contributed by atoms with Crippen LogP contribution in [0.5, 0.6) is 0 Å². The highest BCUT2D eigenvalue weighted by molar-refractivity contribution is 5.54. The van der Waals surface area contributed by atoms with Crippen molar-refractivity contribution in [2.24, 2.45) is 0 Å². The summed E-state index contributed by atoms with van der Waals surface area (Å²) >= 11 is 0. The van der Waals surface area contributed by atoms with Crippen LogP contribution in [0.15, 0.2) is 84.5 Å². The fraction of sp³-hybridized carbons (Fsp3) is 0.0526. The predicted octanol–water partition coefficient (Wildman–Crippen LogP) is 5.36. The van der Waals surface area contributed by atoms with Crippen LogP contribution in [0.25, 0.3) is 12.2 Å². The summed E-state index contributed by atoms with van der Waals surface area (Å²) in [4.78, 5) is 0. The van der Waals surface area contributed by atoms with Gasteiger partial charge in [-0.2, -0.15) is 0 Å². The molecule has 94 valence electrons. The van der Waals surface area contributed by atoms with E-state index < -0.39 is 0 Å². The Hall–Kier alpha value is -2.34. The molecule has 0 saturated carbocycles. The summed E-state index contributed by atoms with van der Waals surface area (Å²) in [7, 11) is 0. The van der Waals surface area contributed by atoms with E-state index in [0.717, 1.165) is 0 Å². The molecule has 0 heterocycles. The topological polar surface area (TPSA) is 0 Å². The molecular weight excluding hydrogens is 228 g/mol. The Kier molecular flexibility index (Phi) is 4.95. The van der Waals surface area contributed by atoms with Crippen LogP contribution in [0.3, 0.4) is 0 Å². The van der Waals surface area contributed by atoms with Crippen molar-refractivity contribution in [1.82, 2.24) is 0 Å². The van der Waals surface area contributed by atoms with E-state index in [9.17, 15) is 0 Å². The molecule has 0 bridgehead atoms. The summed E-state index contributed by atoms with van der Waals surface area (Å²) in [5, 5.41) is 0. The number of benzene rings is 2. The van der Waals surface area contributed by atoms with Crippen LogP contribution in [0.2, 0.25) is 0 Å². The zero-order valence-corrected chi connectivity index (χ0v) is 11.2. The van der Waals surface area contributed by atoms with Gasteiger partial charge in [0.15, 0.2) is 0 Å². The number of allylic oxidation sites excluding steroid dienone is 4. The van der Waals surface area contributed by atoms with Gasteiger partial charge in [-0.05, 0) is 18.1 Å².